The smallest absolute Gasteiger partial charge is 0.231 e. The summed E-state index contributed by atoms with van der Waals surface area (Å²) in [4.78, 5) is 14.2. The van der Waals surface area contributed by atoms with E-state index in [2.05, 4.69) is 30.6 Å². The van der Waals surface area contributed by atoms with Crippen LogP contribution in [0.4, 0.5) is 5.69 Å². The van der Waals surface area contributed by atoms with Crippen LogP contribution in [0.3, 0.4) is 0 Å². The van der Waals surface area contributed by atoms with Gasteiger partial charge in [0.15, 0.2) is 17.3 Å². The van der Waals surface area contributed by atoms with Crippen molar-refractivity contribution >= 4 is 22.8 Å². The topological polar surface area (TPSA) is 47.6 Å². The van der Waals surface area contributed by atoms with Crippen molar-refractivity contribution in [2.75, 3.05) is 12.1 Å². The molecule has 5 rings (SSSR count). The Labute approximate surface area is 150 Å². The van der Waals surface area contributed by atoms with E-state index in [1.807, 2.05) is 18.2 Å². The summed E-state index contributed by atoms with van der Waals surface area (Å²) >= 11 is 1.70. The van der Waals surface area contributed by atoms with Crippen LogP contribution in [0, 0.1) is 5.41 Å². The molecule has 1 aromatic carbocycles. The van der Waals surface area contributed by atoms with E-state index in [0.717, 1.165) is 40.4 Å². The summed E-state index contributed by atoms with van der Waals surface area (Å²) in [5.74, 6) is 1.75. The molecule has 5 heteroatoms. The monoisotopic (exact) mass is 353 g/mol. The predicted molar refractivity (Wildman–Crippen MR) is 97.4 cm³/mol. The summed E-state index contributed by atoms with van der Waals surface area (Å²) in [6.45, 7) is 4.57. The molecule has 0 fully saturated rings. The van der Waals surface area contributed by atoms with Gasteiger partial charge in [-0.25, -0.2) is 0 Å². The quantitative estimate of drug-likeness (QED) is 0.809. The molecule has 1 N–H and O–H groups in total. The van der Waals surface area contributed by atoms with Crippen molar-refractivity contribution in [1.29, 1.82) is 0 Å². The van der Waals surface area contributed by atoms with Crippen LogP contribution in [-0.2, 0) is 4.79 Å². The molecule has 2 aromatic rings. The third-order valence-electron chi connectivity index (χ3n) is 5.18. The van der Waals surface area contributed by atoms with Gasteiger partial charge in [-0.05, 0) is 34.9 Å². The molecule has 4 nitrogen and oxygen atoms in total. The lowest BCUT2D eigenvalue weighted by Gasteiger charge is -2.39. The number of carbonyl (C=O) groups excluding carboxylic acids is 1. The largest absolute Gasteiger partial charge is 0.454 e. The fourth-order valence-corrected chi connectivity index (χ4v) is 5.01. The number of benzene rings is 1. The van der Waals surface area contributed by atoms with Gasteiger partial charge in [0.1, 0.15) is 0 Å². The van der Waals surface area contributed by atoms with E-state index in [4.69, 9.17) is 9.47 Å². The molecule has 0 radical (unpaired) electrons. The molecule has 0 spiro atoms. The maximum Gasteiger partial charge on any atom is 0.231 e. The van der Waals surface area contributed by atoms with E-state index in [0.29, 0.717) is 6.42 Å². The van der Waals surface area contributed by atoms with Gasteiger partial charge in [0.2, 0.25) is 6.79 Å². The summed E-state index contributed by atoms with van der Waals surface area (Å²) in [5.41, 5.74) is 4.08. The number of carbonyl (C=O) groups is 1. The molecule has 128 valence electrons. The molecule has 1 unspecified atom stereocenters. The lowest BCUT2D eigenvalue weighted by atomic mass is 9.70. The number of ketones is 1. The van der Waals surface area contributed by atoms with E-state index >= 15 is 0 Å². The number of hydrogen-bond acceptors (Lipinski definition) is 5. The van der Waals surface area contributed by atoms with E-state index in [1.165, 1.54) is 4.88 Å². The summed E-state index contributed by atoms with van der Waals surface area (Å²) < 4.78 is 11.1. The minimum Gasteiger partial charge on any atom is -0.454 e. The van der Waals surface area contributed by atoms with Crippen molar-refractivity contribution in [2.24, 2.45) is 5.41 Å². The minimum absolute atomic E-state index is 0.0171. The first-order chi connectivity index (χ1) is 12.0. The van der Waals surface area contributed by atoms with Crippen LogP contribution in [0.15, 0.2) is 40.9 Å². The first-order valence-corrected chi connectivity index (χ1v) is 9.40. The van der Waals surface area contributed by atoms with E-state index in [-0.39, 0.29) is 23.9 Å². The fraction of sp³-hybridized carbons (Fsp3) is 0.350. The van der Waals surface area contributed by atoms with Crippen molar-refractivity contribution in [3.8, 4) is 11.5 Å². The Balaban J connectivity index is 1.73. The van der Waals surface area contributed by atoms with E-state index < -0.39 is 0 Å². The molecule has 3 aliphatic rings. The summed E-state index contributed by atoms with van der Waals surface area (Å²) in [6.07, 6.45) is 1.47. The summed E-state index contributed by atoms with van der Waals surface area (Å²) in [5, 5.41) is 5.61. The Morgan fingerprint density at radius 2 is 2.00 bits per heavy atom. The number of thiophene rings is 1. The maximum atomic E-state index is 13.0. The lowest BCUT2D eigenvalue weighted by molar-refractivity contribution is -0.118. The second-order valence-corrected chi connectivity index (χ2v) is 8.68. The highest BCUT2D eigenvalue weighted by Gasteiger charge is 2.41. The number of allylic oxidation sites excluding steroid dienone is 2. The van der Waals surface area contributed by atoms with Crippen molar-refractivity contribution in [1.82, 2.24) is 0 Å². The number of anilines is 1. The molecule has 0 saturated heterocycles. The number of ether oxygens (including phenoxy) is 2. The van der Waals surface area contributed by atoms with Crippen molar-refractivity contribution in [3.05, 3.63) is 51.4 Å². The van der Waals surface area contributed by atoms with Gasteiger partial charge in [-0.3, -0.25) is 4.79 Å². The van der Waals surface area contributed by atoms with Crippen LogP contribution < -0.4 is 14.8 Å². The van der Waals surface area contributed by atoms with Crippen LogP contribution in [0.2, 0.25) is 0 Å². The minimum atomic E-state index is -0.0238. The number of hydrogen-bond donors (Lipinski definition) is 1. The molecule has 3 heterocycles. The third kappa shape index (κ3) is 2.29. The SMILES string of the molecule is CC1(C)CC(=O)C2=C(C1)Nc1cc3c(cc1C2c1cccs1)OCO3. The highest BCUT2D eigenvalue weighted by atomic mass is 32.1. The van der Waals surface area contributed by atoms with E-state index in [1.54, 1.807) is 11.3 Å². The molecular weight excluding hydrogens is 334 g/mol. The second-order valence-electron chi connectivity index (χ2n) is 7.70. The van der Waals surface area contributed by atoms with Crippen LogP contribution in [0.25, 0.3) is 0 Å². The van der Waals surface area contributed by atoms with Gasteiger partial charge in [-0.15, -0.1) is 11.3 Å². The Bertz CT molecular complexity index is 911. The fourth-order valence-electron chi connectivity index (χ4n) is 4.16. The normalized spacial score (nSPS) is 23.1. The molecule has 0 amide bonds. The maximum absolute atomic E-state index is 13.0. The number of fused-ring (bicyclic) bond motifs is 2. The van der Waals surface area contributed by atoms with Crippen LogP contribution in [-0.4, -0.2) is 12.6 Å². The van der Waals surface area contributed by atoms with Gasteiger partial charge in [-0.2, -0.15) is 0 Å². The standard InChI is InChI=1S/C20H19NO3S/c1-20(2)8-13-19(14(22)9-20)18(17-4-3-5-25-17)11-6-15-16(24-10-23-15)7-12(11)21-13/h3-7,18,21H,8-10H2,1-2H3. The number of Topliss-reactive ketones (excluding diaryl/α,β-unsaturated/α-hetero) is 1. The zero-order valence-electron chi connectivity index (χ0n) is 14.2. The van der Waals surface area contributed by atoms with Gasteiger partial charge in [0, 0.05) is 34.3 Å². The first-order valence-electron chi connectivity index (χ1n) is 8.52. The summed E-state index contributed by atoms with van der Waals surface area (Å²) in [6, 6.07) is 8.21. The Kier molecular flexibility index (Phi) is 3.07. The lowest BCUT2D eigenvalue weighted by Crippen LogP contribution is -2.33. The van der Waals surface area contributed by atoms with Gasteiger partial charge in [-0.1, -0.05) is 19.9 Å². The second kappa shape index (κ2) is 5.11. The number of rotatable bonds is 1. The average molecular weight is 353 g/mol. The highest BCUT2D eigenvalue weighted by molar-refractivity contribution is 7.10. The first kappa shape index (κ1) is 15.0. The number of nitrogens with one attached hydrogen (secondary N) is 1. The molecule has 2 aliphatic heterocycles. The molecular formula is C20H19NO3S. The van der Waals surface area contributed by atoms with Crippen LogP contribution in [0.5, 0.6) is 11.5 Å². The Morgan fingerprint density at radius 3 is 2.76 bits per heavy atom. The van der Waals surface area contributed by atoms with Gasteiger partial charge in [0.05, 0.1) is 5.92 Å². The van der Waals surface area contributed by atoms with Crippen molar-refractivity contribution in [3.63, 3.8) is 0 Å². The molecule has 25 heavy (non-hydrogen) atoms. The van der Waals surface area contributed by atoms with Crippen molar-refractivity contribution < 1.29 is 14.3 Å². The molecule has 1 atom stereocenters. The van der Waals surface area contributed by atoms with Gasteiger partial charge in [0.25, 0.3) is 0 Å². The van der Waals surface area contributed by atoms with Crippen LogP contribution in [0.1, 0.15) is 43.0 Å². The Hall–Kier alpha value is -2.27. The molecule has 0 bridgehead atoms. The zero-order chi connectivity index (χ0) is 17.2. The zero-order valence-corrected chi connectivity index (χ0v) is 15.0. The van der Waals surface area contributed by atoms with Gasteiger partial charge >= 0.3 is 0 Å². The van der Waals surface area contributed by atoms with Crippen LogP contribution >= 0.6 is 11.3 Å². The van der Waals surface area contributed by atoms with Gasteiger partial charge < -0.3 is 14.8 Å². The molecule has 0 saturated carbocycles. The predicted octanol–water partition coefficient (Wildman–Crippen LogP) is 4.68. The van der Waals surface area contributed by atoms with Crippen molar-refractivity contribution in [2.45, 2.75) is 32.6 Å². The van der Waals surface area contributed by atoms with E-state index in [9.17, 15) is 4.79 Å². The summed E-state index contributed by atoms with van der Waals surface area (Å²) in [7, 11) is 0. The molecule has 1 aromatic heterocycles. The highest BCUT2D eigenvalue weighted by Crippen LogP contribution is 2.52. The Morgan fingerprint density at radius 1 is 1.20 bits per heavy atom. The average Bonchev–Trinajstić information content (AvgIpc) is 3.20. The molecule has 1 aliphatic carbocycles. The third-order valence-corrected chi connectivity index (χ3v) is 6.11.